The first kappa shape index (κ1) is 17.7. The van der Waals surface area contributed by atoms with Crippen LogP contribution in [0.25, 0.3) is 6.08 Å². The summed E-state index contributed by atoms with van der Waals surface area (Å²) in [5.41, 5.74) is 5.29. The van der Waals surface area contributed by atoms with Crippen LogP contribution >= 0.6 is 23.8 Å². The van der Waals surface area contributed by atoms with Gasteiger partial charge in [-0.2, -0.15) is 0 Å². The van der Waals surface area contributed by atoms with Gasteiger partial charge in [-0.15, -0.1) is 0 Å². The van der Waals surface area contributed by atoms with Gasteiger partial charge in [0, 0.05) is 0 Å². The van der Waals surface area contributed by atoms with Crippen LogP contribution in [0.4, 0.5) is 0 Å². The molecule has 0 atom stereocenters. The van der Waals surface area contributed by atoms with Gasteiger partial charge in [0.1, 0.15) is 5.57 Å². The van der Waals surface area contributed by atoms with Gasteiger partial charge >= 0.3 is 0 Å². The van der Waals surface area contributed by atoms with Crippen LogP contribution in [0.15, 0.2) is 17.7 Å². The number of hydrogen-bond donors (Lipinski definition) is 3. The van der Waals surface area contributed by atoms with Gasteiger partial charge in [-0.1, -0.05) is 11.6 Å². The maximum Gasteiger partial charge on any atom is 0.263 e. The molecule has 1 fully saturated rings. The number of ether oxygens (including phenoxy) is 2. The van der Waals surface area contributed by atoms with Crippen LogP contribution in [0.1, 0.15) is 5.56 Å². The summed E-state index contributed by atoms with van der Waals surface area (Å²) in [6.07, 6.45) is 1.32. The smallest absolute Gasteiger partial charge is 0.263 e. The lowest BCUT2D eigenvalue weighted by molar-refractivity contribution is -0.123. The number of carbonyl (C=O) groups is 3. The van der Waals surface area contributed by atoms with E-state index in [0.717, 1.165) is 0 Å². The number of hydrogen-bond acceptors (Lipinski definition) is 6. The summed E-state index contributed by atoms with van der Waals surface area (Å²) in [6, 6.07) is 2.93. The van der Waals surface area contributed by atoms with E-state index in [1.165, 1.54) is 25.3 Å². The molecule has 0 spiro atoms. The summed E-state index contributed by atoms with van der Waals surface area (Å²) in [7, 11) is 1.37. The number of nitrogens with two attached hydrogens (primary N) is 1. The number of benzene rings is 1. The normalized spacial score (nSPS) is 13.9. The molecule has 8 nitrogen and oxygen atoms in total. The molecule has 0 saturated carbocycles. The van der Waals surface area contributed by atoms with E-state index in [9.17, 15) is 14.4 Å². The molecule has 1 aliphatic rings. The Kier molecular flexibility index (Phi) is 5.37. The maximum absolute atomic E-state index is 11.8. The molecule has 10 heteroatoms. The fourth-order valence-corrected chi connectivity index (χ4v) is 2.34. The molecular formula is C14H12ClN3O5S. The summed E-state index contributed by atoms with van der Waals surface area (Å²) in [5, 5.41) is 4.70. The SMILES string of the molecule is COc1cc(C=C2C(=O)NC(=S)NC2=O)cc(Cl)c1OCC(N)=O. The van der Waals surface area contributed by atoms with Crippen LogP contribution in [0.3, 0.4) is 0 Å². The van der Waals surface area contributed by atoms with Crippen molar-refractivity contribution in [1.82, 2.24) is 10.6 Å². The minimum absolute atomic E-state index is 0.0621. The highest BCUT2D eigenvalue weighted by molar-refractivity contribution is 7.80. The number of thiocarbonyl (C=S) groups is 1. The Morgan fingerprint density at radius 1 is 1.33 bits per heavy atom. The number of halogens is 1. The number of primary amides is 1. The topological polar surface area (TPSA) is 120 Å². The second kappa shape index (κ2) is 7.28. The molecule has 1 saturated heterocycles. The molecule has 1 aliphatic heterocycles. The van der Waals surface area contributed by atoms with Crippen molar-refractivity contribution in [2.75, 3.05) is 13.7 Å². The molecule has 0 radical (unpaired) electrons. The van der Waals surface area contributed by atoms with Crippen molar-refractivity contribution in [1.29, 1.82) is 0 Å². The lowest BCUT2D eigenvalue weighted by Gasteiger charge is -2.17. The van der Waals surface area contributed by atoms with Gasteiger partial charge < -0.3 is 15.2 Å². The second-order valence-corrected chi connectivity index (χ2v) is 5.40. The van der Waals surface area contributed by atoms with Gasteiger partial charge in [0.05, 0.1) is 12.1 Å². The third kappa shape index (κ3) is 4.00. The molecular weight excluding hydrogens is 358 g/mol. The van der Waals surface area contributed by atoms with Crippen molar-refractivity contribution in [2.24, 2.45) is 5.73 Å². The molecule has 2 rings (SSSR count). The average Bonchev–Trinajstić information content (AvgIpc) is 2.49. The van der Waals surface area contributed by atoms with Gasteiger partial charge in [0.25, 0.3) is 17.7 Å². The summed E-state index contributed by atoms with van der Waals surface area (Å²) in [4.78, 5) is 34.5. The molecule has 24 heavy (non-hydrogen) atoms. The molecule has 126 valence electrons. The Balaban J connectivity index is 2.38. The summed E-state index contributed by atoms with van der Waals surface area (Å²) in [6.45, 7) is -0.376. The Morgan fingerprint density at radius 3 is 2.50 bits per heavy atom. The third-order valence-corrected chi connectivity index (χ3v) is 3.35. The molecule has 0 unspecified atom stereocenters. The van der Waals surface area contributed by atoms with Crippen molar-refractivity contribution in [3.05, 3.63) is 28.3 Å². The first-order valence-corrected chi connectivity index (χ1v) is 7.27. The molecule has 4 N–H and O–H groups in total. The minimum Gasteiger partial charge on any atom is -0.493 e. The van der Waals surface area contributed by atoms with E-state index in [-0.39, 0.29) is 33.8 Å². The summed E-state index contributed by atoms with van der Waals surface area (Å²) in [5.74, 6) is -1.60. The Labute approximate surface area is 146 Å². The molecule has 0 bridgehead atoms. The predicted molar refractivity (Wildman–Crippen MR) is 89.6 cm³/mol. The van der Waals surface area contributed by atoms with Crippen LogP contribution in [0.5, 0.6) is 11.5 Å². The van der Waals surface area contributed by atoms with Gasteiger partial charge in [0.2, 0.25) is 0 Å². The van der Waals surface area contributed by atoms with Gasteiger partial charge in [-0.05, 0) is 36.0 Å². The van der Waals surface area contributed by atoms with E-state index in [1.54, 1.807) is 0 Å². The molecule has 0 aliphatic carbocycles. The fourth-order valence-electron chi connectivity index (χ4n) is 1.88. The van der Waals surface area contributed by atoms with Gasteiger partial charge in [-0.3, -0.25) is 25.0 Å². The molecule has 3 amide bonds. The average molecular weight is 370 g/mol. The van der Waals surface area contributed by atoms with Crippen molar-refractivity contribution < 1.29 is 23.9 Å². The number of methoxy groups -OCH3 is 1. The highest BCUT2D eigenvalue weighted by Crippen LogP contribution is 2.37. The first-order valence-electron chi connectivity index (χ1n) is 6.48. The van der Waals surface area contributed by atoms with Crippen LogP contribution in [-0.2, 0) is 14.4 Å². The zero-order chi connectivity index (χ0) is 17.9. The monoisotopic (exact) mass is 369 g/mol. The van der Waals surface area contributed by atoms with E-state index < -0.39 is 17.7 Å². The number of nitrogens with one attached hydrogen (secondary N) is 2. The number of carbonyl (C=O) groups excluding carboxylic acids is 3. The number of rotatable bonds is 5. The summed E-state index contributed by atoms with van der Waals surface area (Å²) < 4.78 is 10.3. The van der Waals surface area contributed by atoms with E-state index in [2.05, 4.69) is 10.6 Å². The molecule has 0 aromatic heterocycles. The third-order valence-electron chi connectivity index (χ3n) is 2.86. The largest absolute Gasteiger partial charge is 0.493 e. The minimum atomic E-state index is -0.675. The highest BCUT2D eigenvalue weighted by Gasteiger charge is 2.26. The second-order valence-electron chi connectivity index (χ2n) is 4.58. The molecule has 1 heterocycles. The lowest BCUT2D eigenvalue weighted by Crippen LogP contribution is -2.51. The summed E-state index contributed by atoms with van der Waals surface area (Å²) >= 11 is 10.8. The Bertz CT molecular complexity index is 756. The Morgan fingerprint density at radius 2 is 1.96 bits per heavy atom. The lowest BCUT2D eigenvalue weighted by atomic mass is 10.1. The number of amides is 3. The van der Waals surface area contributed by atoms with Crippen LogP contribution < -0.4 is 25.8 Å². The van der Waals surface area contributed by atoms with E-state index >= 15 is 0 Å². The van der Waals surface area contributed by atoms with Crippen LogP contribution in [-0.4, -0.2) is 36.6 Å². The highest BCUT2D eigenvalue weighted by atomic mass is 35.5. The predicted octanol–water partition coefficient (Wildman–Crippen LogP) is 0.127. The Hall–Kier alpha value is -2.65. The van der Waals surface area contributed by atoms with E-state index in [4.69, 9.17) is 39.0 Å². The standard InChI is InChI=1S/C14H12ClN3O5S/c1-22-9-4-6(3-8(15)11(9)23-5-10(16)19)2-7-12(20)17-14(24)18-13(7)21/h2-4H,5H2,1H3,(H2,16,19)(H2,17,18,20,21,24). The van der Waals surface area contributed by atoms with Crippen molar-refractivity contribution in [3.8, 4) is 11.5 Å². The van der Waals surface area contributed by atoms with Crippen LogP contribution in [0.2, 0.25) is 5.02 Å². The maximum atomic E-state index is 11.8. The van der Waals surface area contributed by atoms with Gasteiger partial charge in [0.15, 0.2) is 23.2 Å². The molecule has 1 aromatic rings. The first-order chi connectivity index (χ1) is 11.3. The quantitative estimate of drug-likeness (QED) is 0.385. The van der Waals surface area contributed by atoms with E-state index in [0.29, 0.717) is 5.56 Å². The van der Waals surface area contributed by atoms with Crippen molar-refractivity contribution in [3.63, 3.8) is 0 Å². The van der Waals surface area contributed by atoms with Crippen molar-refractivity contribution >= 4 is 52.7 Å². The zero-order valence-corrected chi connectivity index (χ0v) is 13.9. The zero-order valence-electron chi connectivity index (χ0n) is 12.3. The van der Waals surface area contributed by atoms with Crippen LogP contribution in [0, 0.1) is 0 Å². The molecule has 1 aromatic carbocycles. The van der Waals surface area contributed by atoms with Gasteiger partial charge in [-0.25, -0.2) is 0 Å². The van der Waals surface area contributed by atoms with E-state index in [1.807, 2.05) is 0 Å². The fraction of sp³-hybridized carbons (Fsp3) is 0.143. The van der Waals surface area contributed by atoms with Crippen molar-refractivity contribution in [2.45, 2.75) is 0 Å².